The van der Waals surface area contributed by atoms with Gasteiger partial charge < -0.3 is 15.0 Å². The topological polar surface area (TPSA) is 62.8 Å². The summed E-state index contributed by atoms with van der Waals surface area (Å²) in [6.45, 7) is 0.613. The van der Waals surface area contributed by atoms with Gasteiger partial charge in [-0.25, -0.2) is 9.37 Å². The fraction of sp³-hybridized carbons (Fsp3) is 0.100. The molecule has 4 aromatic rings. The molecule has 0 radical (unpaired) electrons. The Morgan fingerprint density at radius 1 is 1.08 bits per heavy atom. The summed E-state index contributed by atoms with van der Waals surface area (Å²) in [5.41, 5.74) is 3.36. The Bertz CT molecular complexity index is 1050. The monoisotopic (exact) mass is 348 g/mol. The molecule has 26 heavy (non-hydrogen) atoms. The van der Waals surface area contributed by atoms with Gasteiger partial charge in [-0.15, -0.1) is 0 Å². The van der Waals surface area contributed by atoms with Crippen LogP contribution < -0.4 is 10.1 Å². The van der Waals surface area contributed by atoms with Gasteiger partial charge in [0.05, 0.1) is 7.11 Å². The lowest BCUT2D eigenvalue weighted by atomic mass is 10.0. The lowest BCUT2D eigenvalue weighted by Gasteiger charge is -2.12. The van der Waals surface area contributed by atoms with E-state index in [-0.39, 0.29) is 5.82 Å². The molecule has 6 heteroatoms. The van der Waals surface area contributed by atoms with Gasteiger partial charge in [0, 0.05) is 41.6 Å². The van der Waals surface area contributed by atoms with E-state index < -0.39 is 0 Å². The zero-order valence-corrected chi connectivity index (χ0v) is 14.2. The second kappa shape index (κ2) is 6.84. The van der Waals surface area contributed by atoms with Crippen LogP contribution in [0.4, 0.5) is 10.2 Å². The second-order valence-corrected chi connectivity index (χ2v) is 5.85. The van der Waals surface area contributed by atoms with Crippen LogP contribution in [0.5, 0.6) is 5.75 Å². The molecule has 5 nitrogen and oxygen atoms in total. The van der Waals surface area contributed by atoms with Crippen molar-refractivity contribution < 1.29 is 9.13 Å². The maximum atomic E-state index is 13.9. The Hall–Kier alpha value is -3.41. The Morgan fingerprint density at radius 3 is 2.73 bits per heavy atom. The molecule has 0 spiro atoms. The molecule has 0 saturated heterocycles. The smallest absolute Gasteiger partial charge is 0.140 e. The van der Waals surface area contributed by atoms with Crippen molar-refractivity contribution in [2.24, 2.45) is 0 Å². The normalized spacial score (nSPS) is 10.8. The van der Waals surface area contributed by atoms with Crippen LogP contribution in [-0.2, 0) is 6.54 Å². The number of fused-ring (bicyclic) bond motifs is 1. The number of hydrogen-bond acceptors (Lipinski definition) is 4. The largest absolute Gasteiger partial charge is 0.496 e. The van der Waals surface area contributed by atoms with E-state index in [2.05, 4.69) is 20.3 Å². The van der Waals surface area contributed by atoms with Crippen LogP contribution in [0.15, 0.2) is 61.1 Å². The van der Waals surface area contributed by atoms with Crippen LogP contribution in [-0.4, -0.2) is 22.1 Å². The summed E-state index contributed by atoms with van der Waals surface area (Å²) in [4.78, 5) is 11.7. The van der Waals surface area contributed by atoms with Gasteiger partial charge in [0.25, 0.3) is 0 Å². The molecular weight excluding hydrogens is 331 g/mol. The number of methoxy groups -OCH3 is 1. The first-order valence-corrected chi connectivity index (χ1v) is 8.19. The number of nitrogens with zero attached hydrogens (tertiary/aromatic N) is 2. The highest BCUT2D eigenvalue weighted by atomic mass is 19.1. The fourth-order valence-electron chi connectivity index (χ4n) is 2.93. The first-order chi connectivity index (χ1) is 12.7. The summed E-state index contributed by atoms with van der Waals surface area (Å²) >= 11 is 0. The van der Waals surface area contributed by atoms with Crippen molar-refractivity contribution in [2.75, 3.05) is 12.4 Å². The number of nitrogens with one attached hydrogen (secondary N) is 2. The van der Waals surface area contributed by atoms with Gasteiger partial charge in [-0.05, 0) is 48.0 Å². The molecule has 4 rings (SSSR count). The highest BCUT2D eigenvalue weighted by Crippen LogP contribution is 2.36. The number of anilines is 1. The molecule has 3 aromatic heterocycles. The molecule has 0 amide bonds. The Balaban J connectivity index is 1.77. The number of hydrogen-bond donors (Lipinski definition) is 2. The summed E-state index contributed by atoms with van der Waals surface area (Å²) in [5.74, 6) is 0.992. The molecule has 130 valence electrons. The highest BCUT2D eigenvalue weighted by molar-refractivity contribution is 5.96. The lowest BCUT2D eigenvalue weighted by molar-refractivity contribution is 0.415. The number of pyridine rings is 2. The minimum absolute atomic E-state index is 0.312. The van der Waals surface area contributed by atoms with Crippen molar-refractivity contribution in [3.63, 3.8) is 0 Å². The summed E-state index contributed by atoms with van der Waals surface area (Å²) < 4.78 is 19.3. The van der Waals surface area contributed by atoms with Crippen LogP contribution in [0.3, 0.4) is 0 Å². The molecule has 0 aliphatic rings. The quantitative estimate of drug-likeness (QED) is 0.562. The maximum absolute atomic E-state index is 13.9. The highest BCUT2D eigenvalue weighted by Gasteiger charge is 2.14. The van der Waals surface area contributed by atoms with Crippen molar-refractivity contribution in [3.8, 4) is 16.9 Å². The molecule has 3 heterocycles. The molecule has 2 N–H and O–H groups in total. The van der Waals surface area contributed by atoms with Crippen LogP contribution >= 0.6 is 0 Å². The second-order valence-electron chi connectivity index (χ2n) is 5.85. The molecule has 0 unspecified atom stereocenters. The summed E-state index contributed by atoms with van der Waals surface area (Å²) in [5, 5.41) is 4.22. The van der Waals surface area contributed by atoms with E-state index in [0.717, 1.165) is 22.2 Å². The molecule has 0 bridgehead atoms. The molecule has 0 atom stereocenters. The van der Waals surface area contributed by atoms with Crippen LogP contribution in [0.1, 0.15) is 5.56 Å². The average molecular weight is 348 g/mol. The van der Waals surface area contributed by atoms with Gasteiger partial charge in [0.1, 0.15) is 23.0 Å². The van der Waals surface area contributed by atoms with E-state index in [0.29, 0.717) is 23.7 Å². The van der Waals surface area contributed by atoms with Gasteiger partial charge in [-0.1, -0.05) is 0 Å². The number of aromatic amines is 1. The van der Waals surface area contributed by atoms with E-state index >= 15 is 0 Å². The first kappa shape index (κ1) is 16.1. The molecule has 0 aliphatic heterocycles. The fourth-order valence-corrected chi connectivity index (χ4v) is 2.93. The number of aromatic nitrogens is 3. The number of H-pyrrole nitrogens is 1. The standard InChI is InChI=1S/C20H17FN4O/c1-26-18-3-2-14(21)10-17(18)16-11-19(25-20-15(16)6-9-23-20)24-12-13-4-7-22-8-5-13/h2-11H,12H2,1H3,(H2,23,24,25). The molecule has 1 aromatic carbocycles. The number of halogens is 1. The number of ether oxygens (including phenoxy) is 1. The van der Waals surface area contributed by atoms with E-state index in [9.17, 15) is 4.39 Å². The third-order valence-electron chi connectivity index (χ3n) is 4.20. The minimum atomic E-state index is -0.312. The average Bonchev–Trinajstić information content (AvgIpc) is 3.15. The third kappa shape index (κ3) is 3.09. The van der Waals surface area contributed by atoms with Crippen LogP contribution in [0.25, 0.3) is 22.2 Å². The zero-order chi connectivity index (χ0) is 17.9. The van der Waals surface area contributed by atoms with Gasteiger partial charge in [-0.3, -0.25) is 4.98 Å². The minimum Gasteiger partial charge on any atom is -0.496 e. The van der Waals surface area contributed by atoms with E-state index in [4.69, 9.17) is 4.74 Å². The van der Waals surface area contributed by atoms with E-state index in [1.165, 1.54) is 12.1 Å². The van der Waals surface area contributed by atoms with Crippen molar-refractivity contribution in [3.05, 3.63) is 72.4 Å². The number of rotatable bonds is 5. The van der Waals surface area contributed by atoms with Gasteiger partial charge >= 0.3 is 0 Å². The van der Waals surface area contributed by atoms with Crippen molar-refractivity contribution in [1.82, 2.24) is 15.0 Å². The molecular formula is C20H17FN4O. The molecule has 0 saturated carbocycles. The predicted octanol–water partition coefficient (Wildman–Crippen LogP) is 4.38. The summed E-state index contributed by atoms with van der Waals surface area (Å²) in [7, 11) is 1.58. The van der Waals surface area contributed by atoms with Crippen molar-refractivity contribution in [2.45, 2.75) is 6.54 Å². The molecule has 0 aliphatic carbocycles. The number of benzene rings is 1. The maximum Gasteiger partial charge on any atom is 0.140 e. The Kier molecular flexibility index (Phi) is 4.23. The Morgan fingerprint density at radius 2 is 1.92 bits per heavy atom. The lowest BCUT2D eigenvalue weighted by Crippen LogP contribution is -2.02. The van der Waals surface area contributed by atoms with Crippen molar-refractivity contribution in [1.29, 1.82) is 0 Å². The van der Waals surface area contributed by atoms with Crippen molar-refractivity contribution >= 4 is 16.9 Å². The predicted molar refractivity (Wildman–Crippen MR) is 99.6 cm³/mol. The zero-order valence-electron chi connectivity index (χ0n) is 14.2. The summed E-state index contributed by atoms with van der Waals surface area (Å²) in [6, 6.07) is 12.2. The van der Waals surface area contributed by atoms with Gasteiger partial charge in [0.2, 0.25) is 0 Å². The van der Waals surface area contributed by atoms with Gasteiger partial charge in [0.15, 0.2) is 0 Å². The van der Waals surface area contributed by atoms with Gasteiger partial charge in [-0.2, -0.15) is 0 Å². The Labute approximate surface area is 149 Å². The van der Waals surface area contributed by atoms with E-state index in [1.54, 1.807) is 25.6 Å². The summed E-state index contributed by atoms with van der Waals surface area (Å²) in [6.07, 6.45) is 5.32. The first-order valence-electron chi connectivity index (χ1n) is 8.19. The molecule has 0 fully saturated rings. The SMILES string of the molecule is COc1ccc(F)cc1-c1cc(NCc2ccncc2)nc2[nH]ccc12. The third-order valence-corrected chi connectivity index (χ3v) is 4.20. The van der Waals surface area contributed by atoms with E-state index in [1.807, 2.05) is 30.5 Å². The van der Waals surface area contributed by atoms with Crippen LogP contribution in [0.2, 0.25) is 0 Å². The van der Waals surface area contributed by atoms with Crippen LogP contribution in [0, 0.1) is 5.82 Å².